The van der Waals surface area contributed by atoms with Gasteiger partial charge in [-0.25, -0.2) is 4.39 Å². The van der Waals surface area contributed by atoms with Gasteiger partial charge in [0.1, 0.15) is 12.5 Å². The molecule has 0 unspecified atom stereocenters. The zero-order chi connectivity index (χ0) is 13.3. The topological polar surface area (TPSA) is 47.1 Å². The molecule has 2 heterocycles. The maximum atomic E-state index is 12.4. The number of alkyl halides is 1. The molecule has 1 aromatic heterocycles. The van der Waals surface area contributed by atoms with Crippen LogP contribution in [0.15, 0.2) is 6.07 Å². The molecule has 5 heteroatoms. The number of hydrogen-bond donors (Lipinski definition) is 1. The highest BCUT2D eigenvalue weighted by molar-refractivity contribution is 5.33. The SMILES string of the molecule is CC(C)(C)c1cc(N)nn1[C@@H]1CCN(CCF)C1. The van der Waals surface area contributed by atoms with Gasteiger partial charge in [0, 0.05) is 36.8 Å². The quantitative estimate of drug-likeness (QED) is 0.897. The second kappa shape index (κ2) is 4.88. The van der Waals surface area contributed by atoms with E-state index in [4.69, 9.17) is 5.73 Å². The van der Waals surface area contributed by atoms with E-state index in [-0.39, 0.29) is 12.1 Å². The Hall–Kier alpha value is -1.10. The highest BCUT2D eigenvalue weighted by Gasteiger charge is 2.29. The number of nitrogen functional groups attached to an aromatic ring is 1. The first kappa shape index (κ1) is 13.3. The van der Waals surface area contributed by atoms with Crippen LogP contribution in [0.1, 0.15) is 38.9 Å². The van der Waals surface area contributed by atoms with Crippen molar-refractivity contribution in [3.63, 3.8) is 0 Å². The first-order valence-electron chi connectivity index (χ1n) is 6.55. The van der Waals surface area contributed by atoms with Crippen LogP contribution in [-0.2, 0) is 5.41 Å². The standard InChI is InChI=1S/C13H23FN4/c1-13(2,3)11-8-12(15)16-18(11)10-4-6-17(9-10)7-5-14/h8,10H,4-7,9H2,1-3H3,(H2,15,16)/t10-/m1/s1. The maximum Gasteiger partial charge on any atom is 0.145 e. The Labute approximate surface area is 108 Å². The number of nitrogens with two attached hydrogens (primary N) is 1. The predicted octanol–water partition coefficient (Wildman–Crippen LogP) is 1.98. The van der Waals surface area contributed by atoms with Crippen LogP contribution in [0, 0.1) is 0 Å². The van der Waals surface area contributed by atoms with E-state index < -0.39 is 0 Å². The Kier molecular flexibility index (Phi) is 3.61. The Morgan fingerprint density at radius 2 is 2.22 bits per heavy atom. The largest absolute Gasteiger partial charge is 0.382 e. The van der Waals surface area contributed by atoms with Gasteiger partial charge in [0.2, 0.25) is 0 Å². The van der Waals surface area contributed by atoms with E-state index in [9.17, 15) is 4.39 Å². The molecule has 4 nitrogen and oxygen atoms in total. The van der Waals surface area contributed by atoms with Crippen LogP contribution in [-0.4, -0.2) is 41.0 Å². The zero-order valence-corrected chi connectivity index (χ0v) is 11.5. The molecule has 0 spiro atoms. The van der Waals surface area contributed by atoms with Crippen molar-refractivity contribution in [2.75, 3.05) is 32.0 Å². The van der Waals surface area contributed by atoms with Gasteiger partial charge in [0.15, 0.2) is 0 Å². The lowest BCUT2D eigenvalue weighted by Crippen LogP contribution is -2.26. The van der Waals surface area contributed by atoms with Gasteiger partial charge in [-0.2, -0.15) is 5.10 Å². The highest BCUT2D eigenvalue weighted by atomic mass is 19.1. The molecular formula is C13H23FN4. The lowest BCUT2D eigenvalue weighted by Gasteiger charge is -2.23. The summed E-state index contributed by atoms with van der Waals surface area (Å²) in [6, 6.07) is 2.28. The molecule has 0 aliphatic carbocycles. The van der Waals surface area contributed by atoms with Gasteiger partial charge in [-0.3, -0.25) is 9.58 Å². The first-order chi connectivity index (χ1) is 8.41. The van der Waals surface area contributed by atoms with E-state index >= 15 is 0 Å². The Balaban J connectivity index is 2.19. The molecule has 1 aliphatic heterocycles. The number of anilines is 1. The number of rotatable bonds is 3. The zero-order valence-electron chi connectivity index (χ0n) is 11.5. The van der Waals surface area contributed by atoms with Crippen molar-refractivity contribution in [1.29, 1.82) is 0 Å². The van der Waals surface area contributed by atoms with Crippen LogP contribution < -0.4 is 5.73 Å². The third kappa shape index (κ3) is 2.66. The molecule has 2 N–H and O–H groups in total. The summed E-state index contributed by atoms with van der Waals surface area (Å²) in [5, 5.41) is 4.43. The molecule has 1 saturated heterocycles. The van der Waals surface area contributed by atoms with Crippen LogP contribution in [0.3, 0.4) is 0 Å². The fourth-order valence-electron chi connectivity index (χ4n) is 2.59. The smallest absolute Gasteiger partial charge is 0.145 e. The number of aromatic nitrogens is 2. The van der Waals surface area contributed by atoms with Crippen molar-refractivity contribution in [3.05, 3.63) is 11.8 Å². The van der Waals surface area contributed by atoms with Gasteiger partial charge in [0.25, 0.3) is 0 Å². The van der Waals surface area contributed by atoms with Gasteiger partial charge in [-0.05, 0) is 6.42 Å². The summed E-state index contributed by atoms with van der Waals surface area (Å²) in [6.07, 6.45) is 1.02. The third-order valence-corrected chi connectivity index (χ3v) is 3.52. The molecule has 102 valence electrons. The minimum Gasteiger partial charge on any atom is -0.382 e. The fourth-order valence-corrected chi connectivity index (χ4v) is 2.59. The Morgan fingerprint density at radius 1 is 1.50 bits per heavy atom. The molecule has 0 amide bonds. The number of likely N-dealkylation sites (tertiary alicyclic amines) is 1. The van der Waals surface area contributed by atoms with Gasteiger partial charge in [-0.15, -0.1) is 0 Å². The van der Waals surface area contributed by atoms with Crippen LogP contribution in [0.5, 0.6) is 0 Å². The third-order valence-electron chi connectivity index (χ3n) is 3.52. The second-order valence-electron chi connectivity index (χ2n) is 6.08. The van der Waals surface area contributed by atoms with E-state index in [2.05, 4.69) is 30.8 Å². The van der Waals surface area contributed by atoms with Crippen molar-refractivity contribution in [2.45, 2.75) is 38.6 Å². The lowest BCUT2D eigenvalue weighted by atomic mass is 9.91. The average molecular weight is 254 g/mol. The Morgan fingerprint density at radius 3 is 2.83 bits per heavy atom. The average Bonchev–Trinajstić information content (AvgIpc) is 2.84. The maximum absolute atomic E-state index is 12.4. The van der Waals surface area contributed by atoms with E-state index in [1.165, 1.54) is 0 Å². The van der Waals surface area contributed by atoms with Crippen LogP contribution >= 0.6 is 0 Å². The molecule has 1 atom stereocenters. The summed E-state index contributed by atoms with van der Waals surface area (Å²) in [5.74, 6) is 0.573. The normalized spacial score (nSPS) is 21.7. The molecule has 1 aromatic rings. The van der Waals surface area contributed by atoms with E-state index in [0.29, 0.717) is 18.4 Å². The predicted molar refractivity (Wildman–Crippen MR) is 71.4 cm³/mol. The van der Waals surface area contributed by atoms with E-state index in [1.807, 2.05) is 10.7 Å². The summed E-state index contributed by atoms with van der Waals surface area (Å²) < 4.78 is 14.4. The van der Waals surface area contributed by atoms with Crippen LogP contribution in [0.25, 0.3) is 0 Å². The van der Waals surface area contributed by atoms with Crippen molar-refractivity contribution in [2.24, 2.45) is 0 Å². The van der Waals surface area contributed by atoms with Crippen LogP contribution in [0.4, 0.5) is 10.2 Å². The molecule has 18 heavy (non-hydrogen) atoms. The minimum absolute atomic E-state index is 0.0259. The number of nitrogens with zero attached hydrogens (tertiary/aromatic N) is 3. The number of hydrogen-bond acceptors (Lipinski definition) is 3. The van der Waals surface area contributed by atoms with Gasteiger partial charge >= 0.3 is 0 Å². The second-order valence-corrected chi connectivity index (χ2v) is 6.08. The summed E-state index contributed by atoms with van der Waals surface area (Å²) in [7, 11) is 0. The van der Waals surface area contributed by atoms with Crippen molar-refractivity contribution >= 4 is 5.82 Å². The van der Waals surface area contributed by atoms with E-state index in [0.717, 1.165) is 25.2 Å². The molecular weight excluding hydrogens is 231 g/mol. The molecule has 0 saturated carbocycles. The van der Waals surface area contributed by atoms with Crippen molar-refractivity contribution < 1.29 is 4.39 Å². The lowest BCUT2D eigenvalue weighted by molar-refractivity contribution is 0.282. The molecule has 0 bridgehead atoms. The van der Waals surface area contributed by atoms with Crippen molar-refractivity contribution in [1.82, 2.24) is 14.7 Å². The van der Waals surface area contributed by atoms with E-state index in [1.54, 1.807) is 0 Å². The monoisotopic (exact) mass is 254 g/mol. The summed E-state index contributed by atoms with van der Waals surface area (Å²) in [6.45, 7) is 8.54. The highest BCUT2D eigenvalue weighted by Crippen LogP contribution is 2.30. The van der Waals surface area contributed by atoms with Gasteiger partial charge in [0.05, 0.1) is 6.04 Å². The van der Waals surface area contributed by atoms with Gasteiger partial charge < -0.3 is 5.73 Å². The summed E-state index contributed by atoms with van der Waals surface area (Å²) in [5.41, 5.74) is 7.02. The molecule has 1 aliphatic rings. The van der Waals surface area contributed by atoms with Gasteiger partial charge in [-0.1, -0.05) is 20.8 Å². The minimum atomic E-state index is -0.278. The molecule has 0 aromatic carbocycles. The molecule has 1 fully saturated rings. The number of halogens is 1. The fraction of sp³-hybridized carbons (Fsp3) is 0.769. The summed E-state index contributed by atoms with van der Waals surface area (Å²) >= 11 is 0. The Bertz CT molecular complexity index is 408. The van der Waals surface area contributed by atoms with Crippen LogP contribution in [0.2, 0.25) is 0 Å². The first-order valence-corrected chi connectivity index (χ1v) is 6.55. The molecule has 2 rings (SSSR count). The summed E-state index contributed by atoms with van der Waals surface area (Å²) in [4.78, 5) is 2.15. The molecule has 0 radical (unpaired) electrons. The van der Waals surface area contributed by atoms with Crippen molar-refractivity contribution in [3.8, 4) is 0 Å².